The summed E-state index contributed by atoms with van der Waals surface area (Å²) in [7, 11) is 1.74. The maximum Gasteiger partial charge on any atom is 0.270 e. The number of hydrogen-bond donors (Lipinski definition) is 0. The molecule has 1 aromatic heterocycles. The molecule has 2 aromatic carbocycles. The fourth-order valence-corrected chi connectivity index (χ4v) is 4.28. The summed E-state index contributed by atoms with van der Waals surface area (Å²) in [5, 5.41) is 7.01. The molecule has 28 heavy (non-hydrogen) atoms. The minimum Gasteiger partial charge on any atom is -0.334 e. The lowest BCUT2D eigenvalue weighted by Gasteiger charge is -2.20. The van der Waals surface area contributed by atoms with Crippen LogP contribution in [0.3, 0.4) is 0 Å². The predicted molar refractivity (Wildman–Crippen MR) is 112 cm³/mol. The molecule has 4 rings (SSSR count). The molecule has 0 bridgehead atoms. The van der Waals surface area contributed by atoms with Gasteiger partial charge in [-0.1, -0.05) is 30.3 Å². The van der Waals surface area contributed by atoms with Gasteiger partial charge in [0.1, 0.15) is 16.8 Å². The van der Waals surface area contributed by atoms with Crippen LogP contribution >= 0.6 is 11.3 Å². The van der Waals surface area contributed by atoms with Crippen LogP contribution in [-0.4, -0.2) is 40.4 Å². The van der Waals surface area contributed by atoms with Crippen LogP contribution in [-0.2, 0) is 16.1 Å². The van der Waals surface area contributed by atoms with E-state index in [9.17, 15) is 9.59 Å². The van der Waals surface area contributed by atoms with Crippen molar-refractivity contribution in [3.63, 3.8) is 0 Å². The summed E-state index contributed by atoms with van der Waals surface area (Å²) in [5.41, 5.74) is 2.14. The SMILES string of the molecule is CC(=O)C1CC(C(=O)N(C)Cc2nc3ccccc3s2)=NN1c1ccccc1. The second kappa shape index (κ2) is 7.52. The molecule has 142 valence electrons. The standard InChI is InChI=1S/C21H20N4O2S/c1-14(26)18-12-17(23-25(18)15-8-4-3-5-9-15)21(27)24(2)13-20-22-16-10-6-7-11-19(16)28-20/h3-11,18H,12-13H2,1-2H3. The lowest BCUT2D eigenvalue weighted by atomic mass is 10.1. The zero-order valence-corrected chi connectivity index (χ0v) is 16.5. The van der Waals surface area contributed by atoms with Gasteiger partial charge in [0.25, 0.3) is 5.91 Å². The minimum absolute atomic E-state index is 0.00997. The zero-order valence-electron chi connectivity index (χ0n) is 15.7. The van der Waals surface area contributed by atoms with Gasteiger partial charge in [-0.05, 0) is 31.2 Å². The number of rotatable bonds is 5. The highest BCUT2D eigenvalue weighted by molar-refractivity contribution is 7.18. The lowest BCUT2D eigenvalue weighted by Crippen LogP contribution is -2.35. The Labute approximate surface area is 167 Å². The normalized spacial score (nSPS) is 16.3. The van der Waals surface area contributed by atoms with Crippen LogP contribution in [0.15, 0.2) is 59.7 Å². The molecule has 1 atom stereocenters. The third-order valence-electron chi connectivity index (χ3n) is 4.70. The molecular weight excluding hydrogens is 372 g/mol. The smallest absolute Gasteiger partial charge is 0.270 e. The van der Waals surface area contributed by atoms with Gasteiger partial charge >= 0.3 is 0 Å². The van der Waals surface area contributed by atoms with Crippen LogP contribution in [0, 0.1) is 0 Å². The first-order valence-corrected chi connectivity index (χ1v) is 9.86. The monoisotopic (exact) mass is 392 g/mol. The number of ketones is 1. The molecule has 0 spiro atoms. The molecule has 1 aliphatic rings. The van der Waals surface area contributed by atoms with Gasteiger partial charge in [0.05, 0.1) is 22.4 Å². The van der Waals surface area contributed by atoms with Gasteiger partial charge in [0.2, 0.25) is 0 Å². The van der Waals surface area contributed by atoms with Crippen molar-refractivity contribution in [3.8, 4) is 0 Å². The minimum atomic E-state index is -0.447. The second-order valence-corrected chi connectivity index (χ2v) is 7.91. The topological polar surface area (TPSA) is 65.9 Å². The van der Waals surface area contributed by atoms with Gasteiger partial charge in [-0.2, -0.15) is 5.10 Å². The van der Waals surface area contributed by atoms with E-state index < -0.39 is 6.04 Å². The van der Waals surface area contributed by atoms with E-state index >= 15 is 0 Å². The summed E-state index contributed by atoms with van der Waals surface area (Å²) in [4.78, 5) is 31.3. The number of carbonyl (C=O) groups is 2. The number of hydrogen-bond acceptors (Lipinski definition) is 6. The van der Waals surface area contributed by atoms with Crippen LogP contribution in [0.5, 0.6) is 0 Å². The highest BCUT2D eigenvalue weighted by Crippen LogP contribution is 2.26. The molecule has 7 heteroatoms. The van der Waals surface area contributed by atoms with Crippen LogP contribution < -0.4 is 5.01 Å². The molecule has 0 aliphatic carbocycles. The number of aromatic nitrogens is 1. The largest absolute Gasteiger partial charge is 0.334 e. The highest BCUT2D eigenvalue weighted by atomic mass is 32.1. The molecule has 3 aromatic rings. The Morgan fingerprint density at radius 2 is 1.86 bits per heavy atom. The Balaban J connectivity index is 1.53. The number of fused-ring (bicyclic) bond motifs is 1. The van der Waals surface area contributed by atoms with Gasteiger partial charge in [-0.15, -0.1) is 11.3 Å². The maximum absolute atomic E-state index is 12.9. The maximum atomic E-state index is 12.9. The number of anilines is 1. The Morgan fingerprint density at radius 3 is 2.57 bits per heavy atom. The van der Waals surface area contributed by atoms with Gasteiger partial charge in [0, 0.05) is 13.5 Å². The third kappa shape index (κ3) is 3.53. The van der Waals surface area contributed by atoms with Crippen molar-refractivity contribution >= 4 is 44.6 Å². The number of amides is 1. The molecule has 1 unspecified atom stereocenters. The van der Waals surface area contributed by atoms with E-state index in [1.807, 2.05) is 54.6 Å². The van der Waals surface area contributed by atoms with Crippen molar-refractivity contribution in [1.82, 2.24) is 9.88 Å². The van der Waals surface area contributed by atoms with Crippen molar-refractivity contribution in [2.24, 2.45) is 5.10 Å². The summed E-state index contributed by atoms with van der Waals surface area (Å²) in [6, 6.07) is 16.9. The molecule has 0 radical (unpaired) electrons. The van der Waals surface area contributed by atoms with Gasteiger partial charge < -0.3 is 4.90 Å². The summed E-state index contributed by atoms with van der Waals surface area (Å²) in [6.45, 7) is 1.95. The zero-order chi connectivity index (χ0) is 19.7. The van der Waals surface area contributed by atoms with Crippen molar-refractivity contribution in [2.75, 3.05) is 12.1 Å². The fraction of sp³-hybridized carbons (Fsp3) is 0.238. The summed E-state index contributed by atoms with van der Waals surface area (Å²) >= 11 is 1.58. The molecule has 0 fully saturated rings. The Bertz CT molecular complexity index is 1030. The Kier molecular flexibility index (Phi) is 4.92. The first-order chi connectivity index (χ1) is 13.5. The first kappa shape index (κ1) is 18.3. The number of Topliss-reactive ketones (excluding diaryl/α,β-unsaturated/α-hetero) is 1. The molecule has 6 nitrogen and oxygen atoms in total. The number of carbonyl (C=O) groups excluding carboxylic acids is 2. The molecule has 0 saturated heterocycles. The van der Waals surface area contributed by atoms with Crippen LogP contribution in [0.2, 0.25) is 0 Å². The Hall–Kier alpha value is -3.06. The van der Waals surface area contributed by atoms with Gasteiger partial charge in [-0.3, -0.25) is 14.6 Å². The summed E-state index contributed by atoms with van der Waals surface area (Å²) in [5.74, 6) is -0.187. The van der Waals surface area contributed by atoms with Crippen LogP contribution in [0.4, 0.5) is 5.69 Å². The molecule has 0 saturated carbocycles. The quantitative estimate of drug-likeness (QED) is 0.667. The average molecular weight is 392 g/mol. The molecule has 1 aliphatic heterocycles. The second-order valence-electron chi connectivity index (χ2n) is 6.79. The van der Waals surface area contributed by atoms with E-state index in [2.05, 4.69) is 10.1 Å². The van der Waals surface area contributed by atoms with Crippen LogP contribution in [0.25, 0.3) is 10.2 Å². The summed E-state index contributed by atoms with van der Waals surface area (Å²) < 4.78 is 1.10. The van der Waals surface area contributed by atoms with Gasteiger partial charge in [-0.25, -0.2) is 4.98 Å². The number of thiazole rings is 1. The average Bonchev–Trinajstić information content (AvgIpc) is 3.32. The number of para-hydroxylation sites is 2. The number of nitrogens with zero attached hydrogens (tertiary/aromatic N) is 4. The van der Waals surface area contributed by atoms with Crippen molar-refractivity contribution < 1.29 is 9.59 Å². The lowest BCUT2D eigenvalue weighted by molar-refractivity contribution is -0.123. The molecule has 2 heterocycles. The van der Waals surface area contributed by atoms with Gasteiger partial charge in [0.15, 0.2) is 5.78 Å². The fourth-order valence-electron chi connectivity index (χ4n) is 3.26. The van der Waals surface area contributed by atoms with E-state index in [4.69, 9.17) is 0 Å². The van der Waals surface area contributed by atoms with E-state index in [0.717, 1.165) is 20.9 Å². The predicted octanol–water partition coefficient (Wildman–Crippen LogP) is 3.48. The summed E-state index contributed by atoms with van der Waals surface area (Å²) in [6.07, 6.45) is 0.313. The van der Waals surface area contributed by atoms with E-state index in [1.54, 1.807) is 28.3 Å². The van der Waals surface area contributed by atoms with Crippen molar-refractivity contribution in [3.05, 3.63) is 59.6 Å². The van der Waals surface area contributed by atoms with E-state index in [0.29, 0.717) is 18.7 Å². The highest BCUT2D eigenvalue weighted by Gasteiger charge is 2.35. The van der Waals surface area contributed by atoms with E-state index in [-0.39, 0.29) is 11.7 Å². The van der Waals surface area contributed by atoms with Crippen molar-refractivity contribution in [1.29, 1.82) is 0 Å². The third-order valence-corrected chi connectivity index (χ3v) is 5.73. The Morgan fingerprint density at radius 1 is 1.14 bits per heavy atom. The van der Waals surface area contributed by atoms with Crippen molar-refractivity contribution in [2.45, 2.75) is 25.9 Å². The molecule has 0 N–H and O–H groups in total. The molecular formula is C21H20N4O2S. The van der Waals surface area contributed by atoms with Crippen LogP contribution in [0.1, 0.15) is 18.4 Å². The molecule has 1 amide bonds. The number of benzene rings is 2. The number of hydrazone groups is 1. The first-order valence-electron chi connectivity index (χ1n) is 9.05. The van der Waals surface area contributed by atoms with E-state index in [1.165, 1.54) is 6.92 Å².